The predicted octanol–water partition coefficient (Wildman–Crippen LogP) is 3.62. The van der Waals surface area contributed by atoms with E-state index < -0.39 is 7.82 Å². The van der Waals surface area contributed by atoms with E-state index >= 15 is 0 Å². The van der Waals surface area contributed by atoms with Crippen molar-refractivity contribution in [3.05, 3.63) is 0 Å². The molecule has 0 aliphatic carbocycles. The summed E-state index contributed by atoms with van der Waals surface area (Å²) < 4.78 is 15.5. The average Bonchev–Trinajstić information content (AvgIpc) is 2.15. The van der Waals surface area contributed by atoms with Crippen LogP contribution in [0.3, 0.4) is 0 Å². The molecule has 0 spiro atoms. The van der Waals surface area contributed by atoms with Gasteiger partial charge in [0.15, 0.2) is 0 Å². The molecule has 0 aromatic rings. The first-order valence-electron chi connectivity index (χ1n) is 6.23. The molecular formula is C11H25O4P. The SMILES string of the molecule is CCCCCCCC(CCC)OP(=O)(O)O. The topological polar surface area (TPSA) is 66.8 Å². The van der Waals surface area contributed by atoms with Crippen molar-refractivity contribution in [2.24, 2.45) is 0 Å². The zero-order chi connectivity index (χ0) is 12.4. The minimum atomic E-state index is -4.31. The lowest BCUT2D eigenvalue weighted by molar-refractivity contribution is 0.117. The van der Waals surface area contributed by atoms with Gasteiger partial charge >= 0.3 is 7.82 Å². The van der Waals surface area contributed by atoms with Crippen LogP contribution in [0.1, 0.15) is 65.2 Å². The summed E-state index contributed by atoms with van der Waals surface area (Å²) in [6, 6.07) is 0. The fourth-order valence-corrected chi connectivity index (χ4v) is 2.34. The molecule has 0 saturated carbocycles. The van der Waals surface area contributed by atoms with Gasteiger partial charge in [-0.1, -0.05) is 52.4 Å². The van der Waals surface area contributed by atoms with Crippen LogP contribution in [0.15, 0.2) is 0 Å². The third kappa shape index (κ3) is 10.6. The third-order valence-electron chi connectivity index (χ3n) is 2.53. The van der Waals surface area contributed by atoms with Crippen LogP contribution < -0.4 is 0 Å². The number of rotatable bonds is 10. The molecule has 4 nitrogen and oxygen atoms in total. The fraction of sp³-hybridized carbons (Fsp3) is 1.00. The van der Waals surface area contributed by atoms with Crippen molar-refractivity contribution < 1.29 is 18.9 Å². The number of hydrogen-bond donors (Lipinski definition) is 2. The summed E-state index contributed by atoms with van der Waals surface area (Å²) in [7, 11) is -4.31. The van der Waals surface area contributed by atoms with Crippen molar-refractivity contribution in [3.63, 3.8) is 0 Å². The van der Waals surface area contributed by atoms with Gasteiger partial charge in [0.05, 0.1) is 6.10 Å². The smallest absolute Gasteiger partial charge is 0.303 e. The predicted molar refractivity (Wildman–Crippen MR) is 65.2 cm³/mol. The quantitative estimate of drug-likeness (QED) is 0.460. The maximum atomic E-state index is 10.7. The highest BCUT2D eigenvalue weighted by Gasteiger charge is 2.20. The van der Waals surface area contributed by atoms with E-state index in [1.165, 1.54) is 19.3 Å². The molecule has 5 heteroatoms. The van der Waals surface area contributed by atoms with Gasteiger partial charge in [-0.05, 0) is 12.8 Å². The third-order valence-corrected chi connectivity index (χ3v) is 3.10. The minimum absolute atomic E-state index is 0.285. The molecular weight excluding hydrogens is 227 g/mol. The Morgan fingerprint density at radius 1 is 1.00 bits per heavy atom. The van der Waals surface area contributed by atoms with Crippen LogP contribution in [0, 0.1) is 0 Å². The molecule has 16 heavy (non-hydrogen) atoms. The molecule has 0 aliphatic rings. The van der Waals surface area contributed by atoms with Gasteiger partial charge in [0.2, 0.25) is 0 Å². The molecule has 0 fully saturated rings. The lowest BCUT2D eigenvalue weighted by Crippen LogP contribution is -2.11. The molecule has 0 bridgehead atoms. The summed E-state index contributed by atoms with van der Waals surface area (Å²) in [5, 5.41) is 0. The first-order chi connectivity index (χ1) is 7.49. The standard InChI is InChI=1S/C11H25O4P/c1-3-5-6-7-8-10-11(9-4-2)15-16(12,13)14/h11H,3-10H2,1-2H3,(H2,12,13,14). The Morgan fingerprint density at radius 3 is 2.12 bits per heavy atom. The highest BCUT2D eigenvalue weighted by atomic mass is 31.2. The normalized spacial score (nSPS) is 14.0. The van der Waals surface area contributed by atoms with Gasteiger partial charge in [0.1, 0.15) is 0 Å². The Labute approximate surface area is 98.6 Å². The molecule has 1 unspecified atom stereocenters. The second kappa shape index (κ2) is 9.17. The van der Waals surface area contributed by atoms with Crippen molar-refractivity contribution in [3.8, 4) is 0 Å². The highest BCUT2D eigenvalue weighted by molar-refractivity contribution is 7.46. The summed E-state index contributed by atoms with van der Waals surface area (Å²) >= 11 is 0. The zero-order valence-electron chi connectivity index (χ0n) is 10.4. The first kappa shape index (κ1) is 16.1. The largest absolute Gasteiger partial charge is 0.469 e. The highest BCUT2D eigenvalue weighted by Crippen LogP contribution is 2.39. The minimum Gasteiger partial charge on any atom is -0.303 e. The Balaban J connectivity index is 3.72. The molecule has 0 aliphatic heterocycles. The average molecular weight is 252 g/mol. The maximum Gasteiger partial charge on any atom is 0.469 e. The van der Waals surface area contributed by atoms with Gasteiger partial charge in [-0.3, -0.25) is 4.52 Å². The van der Waals surface area contributed by atoms with Crippen LogP contribution >= 0.6 is 7.82 Å². The van der Waals surface area contributed by atoms with Gasteiger partial charge in [-0.2, -0.15) is 0 Å². The maximum absolute atomic E-state index is 10.7. The van der Waals surface area contributed by atoms with Crippen LogP contribution in [-0.2, 0) is 9.09 Å². The Hall–Kier alpha value is 0.110. The fourth-order valence-electron chi connectivity index (χ4n) is 1.74. The number of hydrogen-bond acceptors (Lipinski definition) is 2. The zero-order valence-corrected chi connectivity index (χ0v) is 11.3. The molecule has 0 aromatic carbocycles. The second-order valence-electron chi connectivity index (χ2n) is 4.21. The Morgan fingerprint density at radius 2 is 1.62 bits per heavy atom. The molecule has 0 rings (SSSR count). The van der Waals surface area contributed by atoms with Gasteiger partial charge in [-0.15, -0.1) is 0 Å². The van der Waals surface area contributed by atoms with E-state index in [4.69, 9.17) is 14.3 Å². The number of unbranched alkanes of at least 4 members (excludes halogenated alkanes) is 4. The summed E-state index contributed by atoms with van der Waals surface area (Å²) in [5.41, 5.74) is 0. The van der Waals surface area contributed by atoms with E-state index in [0.717, 1.165) is 32.1 Å². The van der Waals surface area contributed by atoms with E-state index in [0.29, 0.717) is 0 Å². The van der Waals surface area contributed by atoms with Crippen LogP contribution in [0.2, 0.25) is 0 Å². The van der Waals surface area contributed by atoms with Gasteiger partial charge < -0.3 is 9.79 Å². The molecule has 0 aromatic heterocycles. The molecule has 0 radical (unpaired) electrons. The van der Waals surface area contributed by atoms with Crippen LogP contribution in [0.4, 0.5) is 0 Å². The second-order valence-corrected chi connectivity index (χ2v) is 5.40. The molecule has 0 heterocycles. The number of phosphoric ester groups is 1. The molecule has 0 amide bonds. The summed E-state index contributed by atoms with van der Waals surface area (Å²) in [6.45, 7) is 4.16. The summed E-state index contributed by atoms with van der Waals surface area (Å²) in [5.74, 6) is 0. The molecule has 98 valence electrons. The van der Waals surface area contributed by atoms with Gasteiger partial charge in [-0.25, -0.2) is 4.57 Å². The van der Waals surface area contributed by atoms with Crippen molar-refractivity contribution >= 4 is 7.82 Å². The lowest BCUT2D eigenvalue weighted by Gasteiger charge is -2.17. The van der Waals surface area contributed by atoms with E-state index in [9.17, 15) is 4.57 Å². The summed E-state index contributed by atoms with van der Waals surface area (Å²) in [4.78, 5) is 17.5. The van der Waals surface area contributed by atoms with Crippen molar-refractivity contribution in [2.45, 2.75) is 71.3 Å². The lowest BCUT2D eigenvalue weighted by atomic mass is 10.1. The summed E-state index contributed by atoms with van der Waals surface area (Å²) in [6.07, 6.45) is 7.83. The van der Waals surface area contributed by atoms with Crippen molar-refractivity contribution in [1.29, 1.82) is 0 Å². The molecule has 1 atom stereocenters. The van der Waals surface area contributed by atoms with Crippen LogP contribution in [-0.4, -0.2) is 15.9 Å². The van der Waals surface area contributed by atoms with E-state index in [2.05, 4.69) is 6.92 Å². The van der Waals surface area contributed by atoms with Crippen LogP contribution in [0.5, 0.6) is 0 Å². The number of phosphoric acid groups is 1. The first-order valence-corrected chi connectivity index (χ1v) is 7.76. The monoisotopic (exact) mass is 252 g/mol. The van der Waals surface area contributed by atoms with E-state index in [1.807, 2.05) is 6.92 Å². The van der Waals surface area contributed by atoms with E-state index in [-0.39, 0.29) is 6.10 Å². The van der Waals surface area contributed by atoms with Gasteiger partial charge in [0, 0.05) is 0 Å². The Bertz CT molecular complexity index is 202. The molecule has 2 N–H and O–H groups in total. The van der Waals surface area contributed by atoms with Crippen LogP contribution in [0.25, 0.3) is 0 Å². The van der Waals surface area contributed by atoms with Gasteiger partial charge in [0.25, 0.3) is 0 Å². The van der Waals surface area contributed by atoms with Crippen molar-refractivity contribution in [2.75, 3.05) is 0 Å². The van der Waals surface area contributed by atoms with E-state index in [1.54, 1.807) is 0 Å². The van der Waals surface area contributed by atoms with Crippen molar-refractivity contribution in [1.82, 2.24) is 0 Å². The molecule has 0 saturated heterocycles. The Kier molecular flexibility index (Phi) is 9.24.